The summed E-state index contributed by atoms with van der Waals surface area (Å²) < 4.78 is 1.62. The highest BCUT2D eigenvalue weighted by molar-refractivity contribution is 5.99. The maximum atomic E-state index is 11.6. The molecule has 151 valence electrons. The predicted molar refractivity (Wildman–Crippen MR) is 112 cm³/mol. The quantitative estimate of drug-likeness (QED) is 0.668. The Kier molecular flexibility index (Phi) is 5.60. The zero-order chi connectivity index (χ0) is 20.4. The lowest BCUT2D eigenvalue weighted by Gasteiger charge is -2.26. The average molecular weight is 391 g/mol. The second-order valence-corrected chi connectivity index (χ2v) is 7.54. The number of likely N-dealkylation sites (tertiary alicyclic amines) is 1. The number of rotatable bonds is 7. The number of benzene rings is 1. The molecule has 4 rings (SSSR count). The summed E-state index contributed by atoms with van der Waals surface area (Å²) in [5.41, 5.74) is 9.36. The second-order valence-electron chi connectivity index (χ2n) is 7.54. The van der Waals surface area contributed by atoms with E-state index in [1.54, 1.807) is 10.6 Å². The largest absolute Gasteiger partial charge is 0.365 e. The normalized spacial score (nSPS) is 17.4. The van der Waals surface area contributed by atoms with Crippen molar-refractivity contribution in [2.75, 3.05) is 26.2 Å². The highest BCUT2D eigenvalue weighted by Gasteiger charge is 2.26. The van der Waals surface area contributed by atoms with Gasteiger partial charge in [0.15, 0.2) is 5.65 Å². The number of amides is 1. The van der Waals surface area contributed by atoms with Gasteiger partial charge in [-0.25, -0.2) is 9.50 Å². The predicted octanol–water partition coefficient (Wildman–Crippen LogP) is 2.21. The summed E-state index contributed by atoms with van der Waals surface area (Å²) in [6.45, 7) is 9.96. The highest BCUT2D eigenvalue weighted by atomic mass is 16.1. The average Bonchev–Trinajstić information content (AvgIpc) is 3.39. The van der Waals surface area contributed by atoms with Gasteiger partial charge < -0.3 is 5.73 Å². The molecule has 1 radical (unpaired) electrons. The number of fused-ring (bicyclic) bond motifs is 1. The number of likely N-dealkylation sites (N-methyl/N-ethyl adjacent to an activating group) is 1. The van der Waals surface area contributed by atoms with Gasteiger partial charge in [-0.15, -0.1) is 5.10 Å². The van der Waals surface area contributed by atoms with E-state index < -0.39 is 5.91 Å². The minimum absolute atomic E-state index is 0.343. The van der Waals surface area contributed by atoms with E-state index in [-0.39, 0.29) is 0 Å². The van der Waals surface area contributed by atoms with E-state index in [0.29, 0.717) is 17.3 Å². The Morgan fingerprint density at radius 1 is 1.21 bits per heavy atom. The van der Waals surface area contributed by atoms with Crippen LogP contribution in [0.15, 0.2) is 36.4 Å². The van der Waals surface area contributed by atoms with Crippen LogP contribution < -0.4 is 5.73 Å². The summed E-state index contributed by atoms with van der Waals surface area (Å²) in [7, 11) is 0. The van der Waals surface area contributed by atoms with E-state index in [1.165, 1.54) is 12.0 Å². The Balaban J connectivity index is 1.49. The summed E-state index contributed by atoms with van der Waals surface area (Å²) in [5.74, 6) is -0.521. The van der Waals surface area contributed by atoms with Crippen LogP contribution >= 0.6 is 0 Å². The van der Waals surface area contributed by atoms with Gasteiger partial charge in [0.2, 0.25) is 6.33 Å². The molecule has 29 heavy (non-hydrogen) atoms. The summed E-state index contributed by atoms with van der Waals surface area (Å²) in [6, 6.07) is 12.7. The Hall–Kier alpha value is -2.77. The molecule has 0 aliphatic carbocycles. The Labute approximate surface area is 171 Å². The fraction of sp³-hybridized carbons (Fsp3) is 0.409. The third-order valence-corrected chi connectivity index (χ3v) is 5.88. The molecule has 1 saturated heterocycles. The van der Waals surface area contributed by atoms with Crippen molar-refractivity contribution >= 4 is 11.6 Å². The topological polar surface area (TPSA) is 79.8 Å². The number of pyridine rings is 1. The lowest BCUT2D eigenvalue weighted by atomic mass is 10.1. The number of carbonyl (C=O) groups excluding carboxylic acids is 1. The zero-order valence-electron chi connectivity index (χ0n) is 17.0. The minimum Gasteiger partial charge on any atom is -0.365 e. The molecule has 1 aliphatic heterocycles. The van der Waals surface area contributed by atoms with Gasteiger partial charge in [0.05, 0.1) is 11.3 Å². The van der Waals surface area contributed by atoms with Crippen LogP contribution in [0.3, 0.4) is 0 Å². The van der Waals surface area contributed by atoms with E-state index >= 15 is 0 Å². The molecule has 1 atom stereocenters. The Morgan fingerprint density at radius 3 is 2.66 bits per heavy atom. The first-order chi connectivity index (χ1) is 14.1. The minimum atomic E-state index is -0.521. The summed E-state index contributed by atoms with van der Waals surface area (Å²) >= 11 is 0. The number of hydrogen-bond donors (Lipinski definition) is 1. The van der Waals surface area contributed by atoms with Gasteiger partial charge in [-0.3, -0.25) is 14.6 Å². The van der Waals surface area contributed by atoms with Gasteiger partial charge in [0.25, 0.3) is 5.91 Å². The van der Waals surface area contributed by atoms with Gasteiger partial charge in [-0.1, -0.05) is 38.1 Å². The van der Waals surface area contributed by atoms with Crippen LogP contribution in [0.5, 0.6) is 0 Å². The van der Waals surface area contributed by atoms with Crippen molar-refractivity contribution in [2.24, 2.45) is 5.73 Å². The van der Waals surface area contributed by atoms with E-state index in [9.17, 15) is 4.79 Å². The maximum Gasteiger partial charge on any atom is 0.252 e. The van der Waals surface area contributed by atoms with Crippen LogP contribution in [-0.4, -0.2) is 62.5 Å². The van der Waals surface area contributed by atoms with Crippen LogP contribution in [0.4, 0.5) is 0 Å². The van der Waals surface area contributed by atoms with Crippen molar-refractivity contribution in [3.05, 3.63) is 53.9 Å². The molecule has 2 N–H and O–H groups in total. The summed E-state index contributed by atoms with van der Waals surface area (Å²) in [5, 5.41) is 4.14. The Bertz CT molecular complexity index is 992. The first-order valence-electron chi connectivity index (χ1n) is 10.2. The summed E-state index contributed by atoms with van der Waals surface area (Å²) in [6.07, 6.45) is 3.81. The van der Waals surface area contributed by atoms with E-state index in [4.69, 9.17) is 5.73 Å². The van der Waals surface area contributed by atoms with Gasteiger partial charge >= 0.3 is 0 Å². The van der Waals surface area contributed by atoms with Gasteiger partial charge in [0.1, 0.15) is 0 Å². The molecule has 1 aliphatic rings. The van der Waals surface area contributed by atoms with Crippen LogP contribution in [-0.2, 0) is 6.54 Å². The highest BCUT2D eigenvalue weighted by Crippen LogP contribution is 2.23. The van der Waals surface area contributed by atoms with Crippen molar-refractivity contribution in [2.45, 2.75) is 32.9 Å². The first kappa shape index (κ1) is 19.5. The molecule has 1 unspecified atom stereocenters. The zero-order valence-corrected chi connectivity index (χ0v) is 17.0. The molecular weight excluding hydrogens is 364 g/mol. The van der Waals surface area contributed by atoms with Crippen LogP contribution in [0.2, 0.25) is 0 Å². The third kappa shape index (κ3) is 3.88. The summed E-state index contributed by atoms with van der Waals surface area (Å²) in [4.78, 5) is 20.7. The van der Waals surface area contributed by atoms with Crippen LogP contribution in [0, 0.1) is 6.33 Å². The fourth-order valence-electron chi connectivity index (χ4n) is 4.30. The van der Waals surface area contributed by atoms with Crippen molar-refractivity contribution in [1.82, 2.24) is 24.4 Å². The van der Waals surface area contributed by atoms with E-state index in [2.05, 4.69) is 64.3 Å². The monoisotopic (exact) mass is 391 g/mol. The Morgan fingerprint density at radius 2 is 1.97 bits per heavy atom. The molecule has 0 spiro atoms. The van der Waals surface area contributed by atoms with Gasteiger partial charge in [0, 0.05) is 31.2 Å². The van der Waals surface area contributed by atoms with Crippen molar-refractivity contribution in [3.8, 4) is 11.3 Å². The number of nitrogens with two attached hydrogens (primary N) is 1. The van der Waals surface area contributed by atoms with E-state index in [1.807, 2.05) is 6.07 Å². The SMILES string of the molecule is CCN(CC)C1CCN(Cc2ccc(-c3ccc(C(N)=O)c4n[c]nn34)cc2)C1. The lowest BCUT2D eigenvalue weighted by Crippen LogP contribution is -2.37. The number of nitrogens with zero attached hydrogens (tertiary/aromatic N) is 5. The number of aromatic nitrogens is 3. The molecule has 7 heteroatoms. The van der Waals surface area contributed by atoms with Crippen LogP contribution in [0.25, 0.3) is 16.9 Å². The molecule has 7 nitrogen and oxygen atoms in total. The van der Waals surface area contributed by atoms with E-state index in [0.717, 1.165) is 44.0 Å². The maximum absolute atomic E-state index is 11.6. The van der Waals surface area contributed by atoms with Gasteiger partial charge in [-0.05, 0) is 37.2 Å². The smallest absolute Gasteiger partial charge is 0.252 e. The molecule has 1 amide bonds. The molecule has 1 fully saturated rings. The number of primary amides is 1. The van der Waals surface area contributed by atoms with Gasteiger partial charge in [-0.2, -0.15) is 0 Å². The van der Waals surface area contributed by atoms with Crippen molar-refractivity contribution in [3.63, 3.8) is 0 Å². The first-order valence-corrected chi connectivity index (χ1v) is 10.2. The molecule has 1 aromatic carbocycles. The molecule has 2 aromatic heterocycles. The standard InChI is InChI=1S/C22H27N6O/c1-3-27(4-2)18-11-12-26(14-18)13-16-5-7-17(8-6-16)20-10-9-19(21(23)29)22-24-15-25-28(20)22/h5-10,18H,3-4,11-14H2,1-2H3,(H2,23,29). The molecule has 0 bridgehead atoms. The fourth-order valence-corrected chi connectivity index (χ4v) is 4.30. The number of hydrogen-bond acceptors (Lipinski definition) is 5. The van der Waals surface area contributed by atoms with Crippen molar-refractivity contribution in [1.29, 1.82) is 0 Å². The third-order valence-electron chi connectivity index (χ3n) is 5.88. The van der Waals surface area contributed by atoms with Crippen LogP contribution in [0.1, 0.15) is 36.2 Å². The number of carbonyl (C=O) groups is 1. The second kappa shape index (κ2) is 8.31. The molecule has 3 heterocycles. The molecule has 0 saturated carbocycles. The van der Waals surface area contributed by atoms with Crippen molar-refractivity contribution < 1.29 is 4.79 Å². The lowest BCUT2D eigenvalue weighted by molar-refractivity contribution is 0.100. The molecular formula is C22H27N6O. The molecule has 3 aromatic rings.